The predicted molar refractivity (Wildman–Crippen MR) is 78.3 cm³/mol. The Morgan fingerprint density at radius 2 is 1.90 bits per heavy atom. The van der Waals surface area contributed by atoms with Crippen LogP contribution in [0.4, 0.5) is 5.69 Å². The van der Waals surface area contributed by atoms with Crippen molar-refractivity contribution < 1.29 is 9.69 Å². The number of hydrogen-bond donors (Lipinski definition) is 2. The molecule has 1 saturated heterocycles. The molecule has 0 aromatic heterocycles. The molecule has 0 saturated carbocycles. The van der Waals surface area contributed by atoms with Gasteiger partial charge in [-0.3, -0.25) is 4.79 Å². The Hall–Kier alpha value is -1.86. The number of benzene rings is 1. The first-order valence-electron chi connectivity index (χ1n) is 7.20. The molecule has 20 heavy (non-hydrogen) atoms. The number of quaternary nitrogens is 1. The molecule has 4 heteroatoms. The normalized spacial score (nSPS) is 25.8. The second-order valence-corrected chi connectivity index (χ2v) is 6.02. The molecular formula is C16H22N3O+. The van der Waals surface area contributed by atoms with Crippen molar-refractivity contribution in [3.8, 4) is 6.07 Å². The number of hydrogen-bond acceptors (Lipinski definition) is 2. The van der Waals surface area contributed by atoms with Crippen LogP contribution in [-0.4, -0.2) is 25.5 Å². The number of carbonyl (C=O) groups is 1. The third kappa shape index (κ3) is 4.07. The predicted octanol–water partition coefficient (Wildman–Crippen LogP) is 1.06. The van der Waals surface area contributed by atoms with Crippen molar-refractivity contribution in [3.05, 3.63) is 29.8 Å². The summed E-state index contributed by atoms with van der Waals surface area (Å²) < 4.78 is 0. The average molecular weight is 272 g/mol. The van der Waals surface area contributed by atoms with E-state index in [1.807, 2.05) is 0 Å². The number of amides is 1. The van der Waals surface area contributed by atoms with Crippen LogP contribution in [0, 0.1) is 23.2 Å². The van der Waals surface area contributed by atoms with Crippen molar-refractivity contribution in [1.82, 2.24) is 0 Å². The highest BCUT2D eigenvalue weighted by Gasteiger charge is 2.26. The van der Waals surface area contributed by atoms with Gasteiger partial charge in [0.25, 0.3) is 5.91 Å². The summed E-state index contributed by atoms with van der Waals surface area (Å²) >= 11 is 0. The highest BCUT2D eigenvalue weighted by molar-refractivity contribution is 5.91. The Balaban J connectivity index is 1.87. The number of nitrogens with one attached hydrogen (secondary N) is 2. The first-order valence-corrected chi connectivity index (χ1v) is 7.20. The second kappa shape index (κ2) is 6.53. The van der Waals surface area contributed by atoms with Gasteiger partial charge in [-0.2, -0.15) is 5.26 Å². The molecule has 0 spiro atoms. The number of nitriles is 1. The summed E-state index contributed by atoms with van der Waals surface area (Å²) in [6.07, 6.45) is 1.26. The van der Waals surface area contributed by atoms with Gasteiger partial charge in [0, 0.05) is 17.5 Å². The molecular weight excluding hydrogens is 250 g/mol. The minimum Gasteiger partial charge on any atom is -0.327 e. The lowest BCUT2D eigenvalue weighted by atomic mass is 9.92. The number of rotatable bonds is 3. The second-order valence-electron chi connectivity index (χ2n) is 6.02. The van der Waals surface area contributed by atoms with E-state index in [0.29, 0.717) is 23.9 Å². The molecule has 1 fully saturated rings. The monoisotopic (exact) mass is 272 g/mol. The molecule has 106 valence electrons. The van der Waals surface area contributed by atoms with E-state index >= 15 is 0 Å². The summed E-state index contributed by atoms with van der Waals surface area (Å²) in [5.41, 5.74) is 1.36. The van der Waals surface area contributed by atoms with E-state index in [2.05, 4.69) is 25.2 Å². The van der Waals surface area contributed by atoms with Gasteiger partial charge in [-0.05, 0) is 30.7 Å². The quantitative estimate of drug-likeness (QED) is 0.864. The molecule has 2 atom stereocenters. The summed E-state index contributed by atoms with van der Waals surface area (Å²) in [4.78, 5) is 13.4. The molecule has 1 aromatic carbocycles. The molecule has 2 rings (SSSR count). The third-order valence-corrected chi connectivity index (χ3v) is 3.79. The highest BCUT2D eigenvalue weighted by atomic mass is 16.2. The van der Waals surface area contributed by atoms with Crippen LogP contribution in [0.5, 0.6) is 0 Å². The Morgan fingerprint density at radius 3 is 2.45 bits per heavy atom. The molecule has 0 unspecified atom stereocenters. The summed E-state index contributed by atoms with van der Waals surface area (Å²) in [7, 11) is 0. The molecule has 0 bridgehead atoms. The molecule has 1 aliphatic heterocycles. The Kier molecular flexibility index (Phi) is 4.75. The Bertz CT molecular complexity index is 493. The van der Waals surface area contributed by atoms with Crippen molar-refractivity contribution in [2.75, 3.05) is 25.0 Å². The van der Waals surface area contributed by atoms with Gasteiger partial charge in [-0.15, -0.1) is 0 Å². The minimum absolute atomic E-state index is 0.0472. The van der Waals surface area contributed by atoms with E-state index in [0.717, 1.165) is 18.8 Å². The maximum atomic E-state index is 12.1. The Labute approximate surface area is 120 Å². The fraction of sp³-hybridized carbons (Fsp3) is 0.500. The van der Waals surface area contributed by atoms with Crippen LogP contribution >= 0.6 is 0 Å². The zero-order chi connectivity index (χ0) is 14.5. The van der Waals surface area contributed by atoms with Crippen molar-refractivity contribution in [3.63, 3.8) is 0 Å². The van der Waals surface area contributed by atoms with Gasteiger partial charge in [0.2, 0.25) is 0 Å². The molecule has 1 heterocycles. The average Bonchev–Trinajstić information content (AvgIpc) is 2.38. The van der Waals surface area contributed by atoms with E-state index in [1.54, 1.807) is 24.3 Å². The van der Waals surface area contributed by atoms with Crippen molar-refractivity contribution in [2.24, 2.45) is 11.8 Å². The molecule has 2 N–H and O–H groups in total. The lowest BCUT2D eigenvalue weighted by molar-refractivity contribution is -0.904. The van der Waals surface area contributed by atoms with Crippen LogP contribution in [-0.2, 0) is 4.79 Å². The van der Waals surface area contributed by atoms with Crippen LogP contribution in [0.15, 0.2) is 24.3 Å². The SMILES string of the molecule is C[C@@H]1C[C@@H](C)C[NH+](CC(=O)Nc2ccc(C#N)cc2)C1. The number of anilines is 1. The minimum atomic E-state index is 0.0472. The fourth-order valence-electron chi connectivity index (χ4n) is 3.13. The maximum absolute atomic E-state index is 12.1. The summed E-state index contributed by atoms with van der Waals surface area (Å²) in [6.45, 7) is 7.19. The Morgan fingerprint density at radius 1 is 1.30 bits per heavy atom. The zero-order valence-corrected chi connectivity index (χ0v) is 12.1. The number of nitrogens with zero attached hydrogens (tertiary/aromatic N) is 1. The lowest BCUT2D eigenvalue weighted by Crippen LogP contribution is -3.15. The van der Waals surface area contributed by atoms with Gasteiger partial charge in [-0.25, -0.2) is 0 Å². The van der Waals surface area contributed by atoms with Gasteiger partial charge >= 0.3 is 0 Å². The highest BCUT2D eigenvalue weighted by Crippen LogP contribution is 2.12. The van der Waals surface area contributed by atoms with Crippen LogP contribution in [0.3, 0.4) is 0 Å². The van der Waals surface area contributed by atoms with E-state index in [4.69, 9.17) is 5.26 Å². The lowest BCUT2D eigenvalue weighted by Gasteiger charge is -2.31. The summed E-state index contributed by atoms with van der Waals surface area (Å²) in [6, 6.07) is 9.04. The first kappa shape index (κ1) is 14.5. The first-order chi connectivity index (χ1) is 9.56. The van der Waals surface area contributed by atoms with Gasteiger partial charge in [0.05, 0.1) is 24.7 Å². The van der Waals surface area contributed by atoms with Crippen LogP contribution in [0.1, 0.15) is 25.8 Å². The number of piperidine rings is 1. The largest absolute Gasteiger partial charge is 0.327 e. The van der Waals surface area contributed by atoms with Crippen LogP contribution in [0.25, 0.3) is 0 Å². The molecule has 1 aromatic rings. The summed E-state index contributed by atoms with van der Waals surface area (Å²) in [5.74, 6) is 1.43. The molecule has 0 aliphatic carbocycles. The van der Waals surface area contributed by atoms with Crippen LogP contribution < -0.4 is 10.2 Å². The summed E-state index contributed by atoms with van der Waals surface area (Å²) in [5, 5.41) is 11.6. The van der Waals surface area contributed by atoms with Gasteiger partial charge in [-0.1, -0.05) is 13.8 Å². The van der Waals surface area contributed by atoms with Crippen LogP contribution in [0.2, 0.25) is 0 Å². The van der Waals surface area contributed by atoms with Gasteiger partial charge in [0.15, 0.2) is 6.54 Å². The van der Waals surface area contributed by atoms with Crippen molar-refractivity contribution >= 4 is 11.6 Å². The van der Waals surface area contributed by atoms with Gasteiger partial charge < -0.3 is 10.2 Å². The van der Waals surface area contributed by atoms with Crippen molar-refractivity contribution in [2.45, 2.75) is 20.3 Å². The molecule has 0 radical (unpaired) electrons. The third-order valence-electron chi connectivity index (χ3n) is 3.79. The van der Waals surface area contributed by atoms with E-state index in [1.165, 1.54) is 11.3 Å². The topological polar surface area (TPSA) is 57.3 Å². The van der Waals surface area contributed by atoms with E-state index in [9.17, 15) is 4.79 Å². The molecule has 1 amide bonds. The molecule has 4 nitrogen and oxygen atoms in total. The van der Waals surface area contributed by atoms with E-state index in [-0.39, 0.29) is 5.91 Å². The van der Waals surface area contributed by atoms with E-state index < -0.39 is 0 Å². The van der Waals surface area contributed by atoms with Gasteiger partial charge in [0.1, 0.15) is 0 Å². The fourth-order valence-corrected chi connectivity index (χ4v) is 3.13. The maximum Gasteiger partial charge on any atom is 0.279 e. The van der Waals surface area contributed by atoms with Crippen molar-refractivity contribution in [1.29, 1.82) is 5.26 Å². The smallest absolute Gasteiger partial charge is 0.279 e. The standard InChI is InChI=1S/C16H21N3O/c1-12-7-13(2)10-19(9-12)11-16(20)18-15-5-3-14(8-17)4-6-15/h3-6,12-13H,7,9-11H2,1-2H3,(H,18,20)/p+1/t12-,13-/m1/s1. The zero-order valence-electron chi connectivity index (χ0n) is 12.1. The molecule has 1 aliphatic rings. The number of likely N-dealkylation sites (tertiary alicyclic amines) is 1. The number of carbonyl (C=O) groups excluding carboxylic acids is 1.